The van der Waals surface area contributed by atoms with Crippen molar-refractivity contribution in [2.75, 3.05) is 0 Å². The Bertz CT molecular complexity index is 216. The molecule has 0 aromatic heterocycles. The standard InChI is InChI=1S/C10H12.C2H6.CH4/c1-3-4-10-7-5-9(2)6-8-10;1-2;/h3-8H,1-2H3;1-2H3;1H4/b4-3+;;. The highest BCUT2D eigenvalue weighted by Gasteiger charge is 1.83. The maximum Gasteiger partial charge on any atom is -0.0260 e. The quantitative estimate of drug-likeness (QED) is 0.585. The molecule has 0 amide bonds. The molecule has 0 aliphatic rings. The molecule has 1 aromatic rings. The second-order valence-corrected chi connectivity index (χ2v) is 2.41. The van der Waals surface area contributed by atoms with Gasteiger partial charge in [-0.1, -0.05) is 63.3 Å². The van der Waals surface area contributed by atoms with Crippen molar-refractivity contribution in [1.82, 2.24) is 0 Å². The number of hydrogen-bond donors (Lipinski definition) is 0. The molecule has 0 heteroatoms. The molecule has 0 atom stereocenters. The van der Waals surface area contributed by atoms with Crippen molar-refractivity contribution in [1.29, 1.82) is 0 Å². The largest absolute Gasteiger partial charge is 0.0871 e. The zero-order valence-corrected chi connectivity index (χ0v) is 8.46. The highest BCUT2D eigenvalue weighted by Crippen LogP contribution is 2.04. The third-order valence-electron chi connectivity index (χ3n) is 1.44. The van der Waals surface area contributed by atoms with Crippen LogP contribution in [0.4, 0.5) is 0 Å². The third-order valence-corrected chi connectivity index (χ3v) is 1.44. The van der Waals surface area contributed by atoms with Gasteiger partial charge in [0.1, 0.15) is 0 Å². The normalized spacial score (nSPS) is 8.62. The molecule has 1 aromatic carbocycles. The molecular formula is C13H22. The summed E-state index contributed by atoms with van der Waals surface area (Å²) in [6.07, 6.45) is 4.14. The van der Waals surface area contributed by atoms with Crippen LogP contribution in [0.25, 0.3) is 6.08 Å². The van der Waals surface area contributed by atoms with E-state index in [4.69, 9.17) is 0 Å². The molecule has 0 unspecified atom stereocenters. The lowest BCUT2D eigenvalue weighted by molar-refractivity contribution is 1.46. The predicted molar refractivity (Wildman–Crippen MR) is 64.0 cm³/mol. The molecule has 0 aliphatic carbocycles. The molecule has 13 heavy (non-hydrogen) atoms. The second kappa shape index (κ2) is 9.05. The van der Waals surface area contributed by atoms with Crippen molar-refractivity contribution in [2.45, 2.75) is 35.1 Å². The van der Waals surface area contributed by atoms with Crippen LogP contribution in [-0.4, -0.2) is 0 Å². The molecule has 1 rings (SSSR count). The van der Waals surface area contributed by atoms with Gasteiger partial charge in [0.05, 0.1) is 0 Å². The van der Waals surface area contributed by atoms with Gasteiger partial charge in [0.15, 0.2) is 0 Å². The fourth-order valence-electron chi connectivity index (χ4n) is 0.870. The van der Waals surface area contributed by atoms with E-state index in [1.54, 1.807) is 0 Å². The number of allylic oxidation sites excluding steroid dienone is 1. The van der Waals surface area contributed by atoms with E-state index >= 15 is 0 Å². The lowest BCUT2D eigenvalue weighted by Crippen LogP contribution is -1.71. The molecule has 0 radical (unpaired) electrons. The average molecular weight is 178 g/mol. The molecule has 0 saturated carbocycles. The highest BCUT2D eigenvalue weighted by atomic mass is 13.9. The number of hydrogen-bond acceptors (Lipinski definition) is 0. The zero-order valence-electron chi connectivity index (χ0n) is 8.46. The Hall–Kier alpha value is -1.04. The van der Waals surface area contributed by atoms with E-state index in [1.165, 1.54) is 11.1 Å². The molecule has 0 nitrogen and oxygen atoms in total. The van der Waals surface area contributed by atoms with Crippen molar-refractivity contribution in [3.63, 3.8) is 0 Å². The van der Waals surface area contributed by atoms with Crippen molar-refractivity contribution in [2.24, 2.45) is 0 Å². The number of aryl methyl sites for hydroxylation is 1. The maximum absolute atomic E-state index is 2.12. The molecule has 74 valence electrons. The first-order chi connectivity index (χ1) is 5.83. The Kier molecular flexibility index (Phi) is 10.1. The summed E-state index contributed by atoms with van der Waals surface area (Å²) in [7, 11) is 0. The molecule has 0 N–H and O–H groups in total. The van der Waals surface area contributed by atoms with Gasteiger partial charge in [-0.05, 0) is 19.4 Å². The minimum Gasteiger partial charge on any atom is -0.0871 e. The van der Waals surface area contributed by atoms with Crippen LogP contribution >= 0.6 is 0 Å². The first kappa shape index (κ1) is 14.5. The smallest absolute Gasteiger partial charge is 0.0260 e. The Labute approximate surface area is 83.3 Å². The van der Waals surface area contributed by atoms with E-state index in [0.29, 0.717) is 0 Å². The van der Waals surface area contributed by atoms with E-state index < -0.39 is 0 Å². The molecule has 0 bridgehead atoms. The van der Waals surface area contributed by atoms with E-state index in [-0.39, 0.29) is 7.43 Å². The summed E-state index contributed by atoms with van der Waals surface area (Å²) in [5.41, 5.74) is 2.58. The molecular weight excluding hydrogens is 156 g/mol. The number of benzene rings is 1. The topological polar surface area (TPSA) is 0 Å². The average Bonchev–Trinajstić information content (AvgIpc) is 2.13. The fraction of sp³-hybridized carbons (Fsp3) is 0.385. The van der Waals surface area contributed by atoms with E-state index in [9.17, 15) is 0 Å². The summed E-state index contributed by atoms with van der Waals surface area (Å²) in [5, 5.41) is 0. The lowest BCUT2D eigenvalue weighted by Gasteiger charge is -1.92. The van der Waals surface area contributed by atoms with E-state index in [1.807, 2.05) is 26.8 Å². The molecule has 0 spiro atoms. The van der Waals surface area contributed by atoms with Crippen molar-refractivity contribution in [3.8, 4) is 0 Å². The van der Waals surface area contributed by atoms with Crippen LogP contribution in [0.3, 0.4) is 0 Å². The van der Waals surface area contributed by atoms with Gasteiger partial charge in [-0.15, -0.1) is 0 Å². The molecule has 0 saturated heterocycles. The van der Waals surface area contributed by atoms with Crippen LogP contribution in [0.2, 0.25) is 0 Å². The summed E-state index contributed by atoms with van der Waals surface area (Å²) in [6.45, 7) is 8.12. The van der Waals surface area contributed by atoms with Gasteiger partial charge in [-0.2, -0.15) is 0 Å². The van der Waals surface area contributed by atoms with Crippen LogP contribution < -0.4 is 0 Å². The van der Waals surface area contributed by atoms with Crippen LogP contribution in [0.15, 0.2) is 30.3 Å². The first-order valence-corrected chi connectivity index (χ1v) is 4.52. The Morgan fingerprint density at radius 2 is 1.46 bits per heavy atom. The minimum atomic E-state index is 0. The zero-order chi connectivity index (χ0) is 9.40. The Morgan fingerprint density at radius 1 is 1.00 bits per heavy atom. The molecule has 0 aliphatic heterocycles. The van der Waals surface area contributed by atoms with Gasteiger partial charge in [-0.25, -0.2) is 0 Å². The molecule has 0 fully saturated rings. The Balaban J connectivity index is 0. The van der Waals surface area contributed by atoms with Crippen molar-refractivity contribution in [3.05, 3.63) is 41.5 Å². The predicted octanol–water partition coefficient (Wildman–Crippen LogP) is 4.69. The Morgan fingerprint density at radius 3 is 1.85 bits per heavy atom. The summed E-state index contributed by atoms with van der Waals surface area (Å²) in [4.78, 5) is 0. The fourth-order valence-corrected chi connectivity index (χ4v) is 0.870. The summed E-state index contributed by atoms with van der Waals surface area (Å²) >= 11 is 0. The second-order valence-electron chi connectivity index (χ2n) is 2.41. The summed E-state index contributed by atoms with van der Waals surface area (Å²) in [5.74, 6) is 0. The summed E-state index contributed by atoms with van der Waals surface area (Å²) < 4.78 is 0. The van der Waals surface area contributed by atoms with E-state index in [2.05, 4.69) is 37.3 Å². The van der Waals surface area contributed by atoms with Gasteiger partial charge < -0.3 is 0 Å². The van der Waals surface area contributed by atoms with E-state index in [0.717, 1.165) is 0 Å². The summed E-state index contributed by atoms with van der Waals surface area (Å²) in [6, 6.07) is 8.48. The monoisotopic (exact) mass is 178 g/mol. The molecule has 0 heterocycles. The van der Waals surface area contributed by atoms with Crippen LogP contribution in [0.5, 0.6) is 0 Å². The van der Waals surface area contributed by atoms with Gasteiger partial charge >= 0.3 is 0 Å². The first-order valence-electron chi connectivity index (χ1n) is 4.52. The van der Waals surface area contributed by atoms with Crippen molar-refractivity contribution < 1.29 is 0 Å². The van der Waals surface area contributed by atoms with Crippen LogP contribution in [-0.2, 0) is 0 Å². The minimum absolute atomic E-state index is 0. The number of rotatable bonds is 1. The highest BCUT2D eigenvalue weighted by molar-refractivity contribution is 5.48. The SMILES string of the molecule is C.C/C=C/c1ccc(C)cc1.CC. The van der Waals surface area contributed by atoms with Gasteiger partial charge in [0.25, 0.3) is 0 Å². The van der Waals surface area contributed by atoms with Crippen LogP contribution in [0, 0.1) is 6.92 Å². The van der Waals surface area contributed by atoms with Gasteiger partial charge in [-0.3, -0.25) is 0 Å². The third kappa shape index (κ3) is 6.15. The maximum atomic E-state index is 2.12. The lowest BCUT2D eigenvalue weighted by atomic mass is 10.1. The van der Waals surface area contributed by atoms with Gasteiger partial charge in [0, 0.05) is 0 Å². The van der Waals surface area contributed by atoms with Crippen molar-refractivity contribution >= 4 is 6.08 Å². The van der Waals surface area contributed by atoms with Gasteiger partial charge in [0.2, 0.25) is 0 Å². The van der Waals surface area contributed by atoms with Crippen LogP contribution in [0.1, 0.15) is 39.3 Å².